The lowest BCUT2D eigenvalue weighted by Crippen LogP contribution is -2.24. The molecule has 4 aromatic rings. The molecule has 0 aliphatic carbocycles. The summed E-state index contributed by atoms with van der Waals surface area (Å²) in [5, 5.41) is 5.47. The van der Waals surface area contributed by atoms with Crippen molar-refractivity contribution in [2.75, 3.05) is 19.6 Å². The van der Waals surface area contributed by atoms with Gasteiger partial charge in [-0.05, 0) is 73.5 Å². The van der Waals surface area contributed by atoms with E-state index < -0.39 is 6.36 Å². The molecule has 1 aliphatic rings. The lowest BCUT2D eigenvalue weighted by Gasteiger charge is -2.14. The topological polar surface area (TPSA) is 52.3 Å². The summed E-state index contributed by atoms with van der Waals surface area (Å²) in [5.74, 6) is -0.307. The Kier molecular flexibility index (Phi) is 5.87. The van der Waals surface area contributed by atoms with Crippen LogP contribution in [0, 0.1) is 0 Å². The van der Waals surface area contributed by atoms with Gasteiger partial charge in [0.15, 0.2) is 0 Å². The van der Waals surface area contributed by atoms with E-state index in [4.69, 9.17) is 0 Å². The van der Waals surface area contributed by atoms with Gasteiger partial charge in [0.1, 0.15) is 5.75 Å². The second-order valence-electron chi connectivity index (χ2n) is 8.36. The molecule has 0 saturated carbocycles. The van der Waals surface area contributed by atoms with Gasteiger partial charge in [0, 0.05) is 29.9 Å². The number of halogens is 3. The fraction of sp³-hybridized carbons (Fsp3) is 0.280. The average Bonchev–Trinajstić information content (AvgIpc) is 3.46. The zero-order valence-electron chi connectivity index (χ0n) is 18.3. The van der Waals surface area contributed by atoms with Crippen molar-refractivity contribution >= 4 is 10.9 Å². The van der Waals surface area contributed by atoms with E-state index >= 15 is 0 Å². The smallest absolute Gasteiger partial charge is 0.406 e. The summed E-state index contributed by atoms with van der Waals surface area (Å²) in [7, 11) is 0. The number of aromatic nitrogens is 3. The molecule has 0 amide bonds. The summed E-state index contributed by atoms with van der Waals surface area (Å²) in [4.78, 5) is 15.3. The predicted molar refractivity (Wildman–Crippen MR) is 123 cm³/mol. The molecule has 0 bridgehead atoms. The summed E-state index contributed by atoms with van der Waals surface area (Å²) in [6.45, 7) is 4.09. The number of nitrogens with zero attached hydrogens (tertiary/aromatic N) is 4. The normalized spacial score (nSPS) is 14.7. The number of hydrogen-bond acceptors (Lipinski definition) is 4. The largest absolute Gasteiger partial charge is 0.573 e. The van der Waals surface area contributed by atoms with Crippen molar-refractivity contribution in [3.05, 3.63) is 77.3 Å². The molecule has 2 aromatic carbocycles. The van der Waals surface area contributed by atoms with Gasteiger partial charge in [0.25, 0.3) is 5.56 Å². The minimum atomic E-state index is -4.74. The Labute approximate surface area is 193 Å². The van der Waals surface area contributed by atoms with Gasteiger partial charge in [-0.15, -0.1) is 13.2 Å². The molecule has 0 spiro atoms. The van der Waals surface area contributed by atoms with E-state index in [0.717, 1.165) is 42.8 Å². The van der Waals surface area contributed by atoms with E-state index in [2.05, 4.69) is 14.7 Å². The molecule has 5 rings (SSSR count). The first-order chi connectivity index (χ1) is 16.4. The number of rotatable bonds is 6. The molecule has 34 heavy (non-hydrogen) atoms. The molecule has 176 valence electrons. The zero-order valence-corrected chi connectivity index (χ0v) is 18.3. The lowest BCUT2D eigenvalue weighted by atomic mass is 10.1. The number of pyridine rings is 1. The highest BCUT2D eigenvalue weighted by atomic mass is 19.4. The third kappa shape index (κ3) is 4.84. The first-order valence-corrected chi connectivity index (χ1v) is 11.1. The molecular weight excluding hydrogens is 445 g/mol. The van der Waals surface area contributed by atoms with Crippen molar-refractivity contribution < 1.29 is 17.9 Å². The first kappa shape index (κ1) is 22.2. The first-order valence-electron chi connectivity index (χ1n) is 11.1. The van der Waals surface area contributed by atoms with Gasteiger partial charge in [-0.1, -0.05) is 12.1 Å². The average molecular weight is 468 g/mol. The fourth-order valence-corrected chi connectivity index (χ4v) is 4.37. The molecule has 2 aromatic heterocycles. The summed E-state index contributed by atoms with van der Waals surface area (Å²) in [6.07, 6.45) is 1.25. The van der Waals surface area contributed by atoms with Crippen LogP contribution in [-0.4, -0.2) is 45.2 Å². The quantitative estimate of drug-likeness (QED) is 0.406. The highest BCUT2D eigenvalue weighted by Crippen LogP contribution is 2.26. The van der Waals surface area contributed by atoms with Crippen LogP contribution in [0.3, 0.4) is 0 Å². The molecule has 1 aliphatic heterocycles. The molecule has 0 atom stereocenters. The van der Waals surface area contributed by atoms with Gasteiger partial charge in [-0.2, -0.15) is 5.10 Å². The van der Waals surface area contributed by atoms with Crippen LogP contribution in [0.5, 0.6) is 5.75 Å². The van der Waals surface area contributed by atoms with Gasteiger partial charge in [-0.25, -0.2) is 0 Å². The number of hydrogen-bond donors (Lipinski definition) is 0. The van der Waals surface area contributed by atoms with Crippen molar-refractivity contribution in [1.29, 1.82) is 0 Å². The highest BCUT2D eigenvalue weighted by molar-refractivity contribution is 5.81. The van der Waals surface area contributed by atoms with Gasteiger partial charge < -0.3 is 9.64 Å². The van der Waals surface area contributed by atoms with Gasteiger partial charge in [0.2, 0.25) is 0 Å². The molecule has 3 heterocycles. The van der Waals surface area contributed by atoms with E-state index in [9.17, 15) is 18.0 Å². The number of likely N-dealkylation sites (tertiary alicyclic amines) is 1. The lowest BCUT2D eigenvalue weighted by molar-refractivity contribution is -0.274. The van der Waals surface area contributed by atoms with Crippen LogP contribution in [0.2, 0.25) is 0 Å². The Balaban J connectivity index is 1.34. The van der Waals surface area contributed by atoms with Crippen LogP contribution in [0.25, 0.3) is 27.7 Å². The summed E-state index contributed by atoms with van der Waals surface area (Å²) < 4.78 is 44.5. The minimum Gasteiger partial charge on any atom is -0.406 e. The molecule has 9 heteroatoms. The standard InChI is InChI=1S/C25H23F3N4O2/c26-25(27,28)34-22-6-3-18(4-7-22)19-9-12-31(24(33)16-19)21-5-8-23-20(15-21)17-29-32(23)14-13-30-10-1-2-11-30/h3-9,12,15-17H,1-2,10-11,13-14H2. The highest BCUT2D eigenvalue weighted by Gasteiger charge is 2.31. The number of ether oxygens (including phenoxy) is 1. The number of fused-ring (bicyclic) bond motifs is 1. The number of alkyl halides is 3. The Morgan fingerprint density at radius 3 is 2.38 bits per heavy atom. The van der Waals surface area contributed by atoms with Crippen LogP contribution in [-0.2, 0) is 6.54 Å². The Morgan fingerprint density at radius 1 is 0.912 bits per heavy atom. The van der Waals surface area contributed by atoms with E-state index in [1.807, 2.05) is 29.1 Å². The Morgan fingerprint density at radius 2 is 1.68 bits per heavy atom. The van der Waals surface area contributed by atoms with E-state index in [1.54, 1.807) is 12.3 Å². The monoisotopic (exact) mass is 468 g/mol. The van der Waals surface area contributed by atoms with Crippen molar-refractivity contribution in [2.45, 2.75) is 25.7 Å². The van der Waals surface area contributed by atoms with Crippen LogP contribution >= 0.6 is 0 Å². The Bertz CT molecular complexity index is 1350. The maximum absolute atomic E-state index is 12.8. The van der Waals surface area contributed by atoms with Crippen molar-refractivity contribution in [3.63, 3.8) is 0 Å². The zero-order chi connectivity index (χ0) is 23.7. The molecule has 1 fully saturated rings. The van der Waals surface area contributed by atoms with Crippen LogP contribution in [0.1, 0.15) is 12.8 Å². The Hall–Kier alpha value is -3.59. The predicted octanol–water partition coefficient (Wildman–Crippen LogP) is 4.85. The maximum atomic E-state index is 12.8. The minimum absolute atomic E-state index is 0.242. The summed E-state index contributed by atoms with van der Waals surface area (Å²) in [6, 6.07) is 14.4. The molecule has 1 saturated heterocycles. The fourth-order valence-electron chi connectivity index (χ4n) is 4.37. The van der Waals surface area contributed by atoms with Crippen LogP contribution in [0.15, 0.2) is 71.8 Å². The van der Waals surface area contributed by atoms with Gasteiger partial charge >= 0.3 is 6.36 Å². The molecular formula is C25H23F3N4O2. The van der Waals surface area contributed by atoms with E-state index in [0.29, 0.717) is 11.1 Å². The van der Waals surface area contributed by atoms with Crippen molar-refractivity contribution in [3.8, 4) is 22.6 Å². The van der Waals surface area contributed by atoms with Crippen molar-refractivity contribution in [1.82, 2.24) is 19.2 Å². The molecule has 0 N–H and O–H groups in total. The van der Waals surface area contributed by atoms with Crippen LogP contribution < -0.4 is 10.3 Å². The summed E-state index contributed by atoms with van der Waals surface area (Å²) in [5.41, 5.74) is 2.73. The second kappa shape index (κ2) is 8.98. The van der Waals surface area contributed by atoms with Gasteiger partial charge in [-0.3, -0.25) is 14.0 Å². The van der Waals surface area contributed by atoms with Crippen LogP contribution in [0.4, 0.5) is 13.2 Å². The maximum Gasteiger partial charge on any atom is 0.573 e. The second-order valence-corrected chi connectivity index (χ2v) is 8.36. The third-order valence-corrected chi connectivity index (χ3v) is 6.07. The van der Waals surface area contributed by atoms with E-state index in [1.165, 1.54) is 47.7 Å². The van der Waals surface area contributed by atoms with Crippen molar-refractivity contribution in [2.24, 2.45) is 0 Å². The summed E-state index contributed by atoms with van der Waals surface area (Å²) >= 11 is 0. The van der Waals surface area contributed by atoms with Gasteiger partial charge in [0.05, 0.1) is 18.3 Å². The van der Waals surface area contributed by atoms with E-state index in [-0.39, 0.29) is 11.3 Å². The molecule has 0 radical (unpaired) electrons. The number of benzene rings is 2. The molecule has 0 unspecified atom stereocenters. The SMILES string of the molecule is O=c1cc(-c2ccc(OC(F)(F)F)cc2)ccn1-c1ccc2c(cnn2CCN2CCCC2)c1. The molecule has 6 nitrogen and oxygen atoms in total. The third-order valence-electron chi connectivity index (χ3n) is 6.07.